The molecule has 2 atom stereocenters. The molecule has 146 valence electrons. The van der Waals surface area contributed by atoms with E-state index in [1.807, 2.05) is 6.08 Å². The van der Waals surface area contributed by atoms with Crippen LogP contribution in [0.15, 0.2) is 78.6 Å². The zero-order valence-electron chi connectivity index (χ0n) is 17.6. The maximum atomic E-state index is 4.50. The third-order valence-electron chi connectivity index (χ3n) is 5.17. The highest BCUT2D eigenvalue weighted by Gasteiger charge is 2.32. The molecule has 0 amide bonds. The van der Waals surface area contributed by atoms with Gasteiger partial charge in [-0.1, -0.05) is 116 Å². The van der Waals surface area contributed by atoms with E-state index in [4.69, 9.17) is 0 Å². The minimum atomic E-state index is 0.0300. The van der Waals surface area contributed by atoms with Gasteiger partial charge < -0.3 is 5.73 Å². The van der Waals surface area contributed by atoms with Gasteiger partial charge in [0, 0.05) is 5.41 Å². The molecule has 1 nitrogen and oxygen atoms in total. The van der Waals surface area contributed by atoms with E-state index in [0.29, 0.717) is 14.5 Å². The number of benzene rings is 2. The summed E-state index contributed by atoms with van der Waals surface area (Å²) in [6.07, 6.45) is 6.64. The summed E-state index contributed by atoms with van der Waals surface area (Å²) in [5, 5.41) is 2.73. The van der Waals surface area contributed by atoms with Crippen LogP contribution in [-0.2, 0) is 5.41 Å². The first-order valence-corrected chi connectivity index (χ1v) is 10.9. The fourth-order valence-corrected chi connectivity index (χ4v) is 4.18. The second-order valence-corrected chi connectivity index (χ2v) is 8.48. The Bertz CT molecular complexity index is 701. The third kappa shape index (κ3) is 6.16. The molecule has 0 aliphatic rings. The van der Waals surface area contributed by atoms with E-state index >= 15 is 0 Å². The normalized spacial score (nSPS) is 14.0. The Morgan fingerprint density at radius 2 is 1.59 bits per heavy atom. The highest BCUT2D eigenvalue weighted by Crippen LogP contribution is 2.39. The number of unbranched alkanes of at least 4 members (excludes halogenated alkanes) is 1. The molecule has 0 aliphatic heterocycles. The van der Waals surface area contributed by atoms with Crippen LogP contribution in [0.25, 0.3) is 0 Å². The molecule has 27 heavy (non-hydrogen) atoms. The third-order valence-corrected chi connectivity index (χ3v) is 6.49. The number of nitrogens with two attached hydrogens (primary N) is 1. The molecule has 2 N–H and O–H groups in total. The van der Waals surface area contributed by atoms with Gasteiger partial charge in [-0.05, 0) is 41.1 Å². The summed E-state index contributed by atoms with van der Waals surface area (Å²) >= 11 is 0. The quantitative estimate of drug-likeness (QED) is 0.416. The van der Waals surface area contributed by atoms with Gasteiger partial charge in [-0.2, -0.15) is 0 Å². The van der Waals surface area contributed by atoms with Crippen molar-refractivity contribution in [2.24, 2.45) is 11.7 Å². The van der Waals surface area contributed by atoms with Gasteiger partial charge in [0.05, 0.1) is 0 Å². The lowest BCUT2D eigenvalue weighted by molar-refractivity contribution is 0.405. The van der Waals surface area contributed by atoms with Crippen LogP contribution in [0.3, 0.4) is 0 Å². The van der Waals surface area contributed by atoms with Gasteiger partial charge in [0.1, 0.15) is 0 Å². The molecule has 0 saturated heterocycles. The van der Waals surface area contributed by atoms with Crippen molar-refractivity contribution in [1.82, 2.24) is 0 Å². The van der Waals surface area contributed by atoms with Gasteiger partial charge in [0.15, 0.2) is 0 Å². The van der Waals surface area contributed by atoms with Crippen LogP contribution in [0, 0.1) is 5.92 Å². The van der Waals surface area contributed by atoms with Crippen molar-refractivity contribution in [1.29, 1.82) is 0 Å². The maximum absolute atomic E-state index is 4.50. The molecule has 2 unspecified atom stereocenters. The molecule has 0 bridgehead atoms. The van der Waals surface area contributed by atoms with Crippen LogP contribution in [0.5, 0.6) is 0 Å². The molecule has 0 saturated carbocycles. The molecule has 0 fully saturated rings. The average molecular weight is 382 g/mol. The van der Waals surface area contributed by atoms with Crippen molar-refractivity contribution >= 4 is 13.9 Å². The van der Waals surface area contributed by atoms with E-state index in [9.17, 15) is 0 Å². The molecule has 2 aromatic rings. The largest absolute Gasteiger partial charge is 0.333 e. The lowest BCUT2D eigenvalue weighted by Crippen LogP contribution is -2.30. The predicted octanol–water partition coefficient (Wildman–Crippen LogP) is 6.40. The first kappa shape index (κ1) is 23.3. The van der Waals surface area contributed by atoms with Crippen LogP contribution in [-0.4, -0.2) is 7.05 Å². The molecular formula is C25H36NP. The second kappa shape index (κ2) is 11.9. The van der Waals surface area contributed by atoms with E-state index in [1.54, 1.807) is 0 Å². The first-order chi connectivity index (χ1) is 13.0. The number of rotatable bonds is 8. The van der Waals surface area contributed by atoms with E-state index in [2.05, 4.69) is 101 Å². The summed E-state index contributed by atoms with van der Waals surface area (Å²) in [6.45, 7) is 13.2. The summed E-state index contributed by atoms with van der Waals surface area (Å²) in [4.78, 5) is 0. The van der Waals surface area contributed by atoms with Crippen molar-refractivity contribution in [2.75, 3.05) is 7.05 Å². The fraction of sp³-hybridized carbons (Fsp3) is 0.360. The van der Waals surface area contributed by atoms with Crippen LogP contribution < -0.4 is 11.0 Å². The van der Waals surface area contributed by atoms with Crippen LogP contribution in [0.1, 0.15) is 51.7 Å². The maximum Gasteiger partial charge on any atom is 0.0197 e. The van der Waals surface area contributed by atoms with E-state index < -0.39 is 0 Å². The van der Waals surface area contributed by atoms with Gasteiger partial charge in [0.25, 0.3) is 0 Å². The minimum absolute atomic E-state index is 0.0300. The van der Waals surface area contributed by atoms with Crippen molar-refractivity contribution in [3.05, 3.63) is 89.8 Å². The Labute approximate surface area is 168 Å². The topological polar surface area (TPSA) is 26.0 Å². The number of hydrogen-bond acceptors (Lipinski definition) is 1. The molecule has 0 heterocycles. The van der Waals surface area contributed by atoms with Crippen molar-refractivity contribution in [3.8, 4) is 0 Å². The van der Waals surface area contributed by atoms with E-state index in [1.165, 1.54) is 35.2 Å². The molecule has 0 radical (unpaired) electrons. The first-order valence-electron chi connectivity index (χ1n) is 9.85. The van der Waals surface area contributed by atoms with Gasteiger partial charge >= 0.3 is 0 Å². The SMILES string of the molecule is C=C/C(=C\CCC)Pc1ccc(C(C)(c2ccccc2)C(C)C)cc1.CN. The Morgan fingerprint density at radius 1 is 1.04 bits per heavy atom. The van der Waals surface area contributed by atoms with E-state index in [-0.39, 0.29) is 5.41 Å². The highest BCUT2D eigenvalue weighted by molar-refractivity contribution is 7.52. The zero-order valence-corrected chi connectivity index (χ0v) is 18.6. The Balaban J connectivity index is 0.00000176. The molecule has 0 aromatic heterocycles. The summed E-state index contributed by atoms with van der Waals surface area (Å²) in [5.74, 6) is 0.524. The molecule has 2 rings (SSSR count). The van der Waals surface area contributed by atoms with Crippen LogP contribution >= 0.6 is 8.58 Å². The van der Waals surface area contributed by atoms with Crippen LogP contribution in [0.2, 0.25) is 0 Å². The standard InChI is InChI=1S/C24H31P.CH5N/c1-6-8-14-22(7-2)25-23-17-15-21(16-18-23)24(5,19(3)4)20-12-10-9-11-13-20;1-2/h7,9-19,25H,2,6,8H2,1,3-5H3;2H2,1H3/b22-14+;. The fourth-order valence-electron chi connectivity index (χ4n) is 3.17. The smallest absolute Gasteiger partial charge is 0.0197 e. The average Bonchev–Trinajstić information content (AvgIpc) is 2.73. The van der Waals surface area contributed by atoms with Gasteiger partial charge in [-0.15, -0.1) is 0 Å². The monoisotopic (exact) mass is 381 g/mol. The molecule has 0 spiro atoms. The van der Waals surface area contributed by atoms with Crippen molar-refractivity contribution < 1.29 is 0 Å². The lowest BCUT2D eigenvalue weighted by Gasteiger charge is -2.35. The molecule has 0 aliphatic carbocycles. The number of hydrogen-bond donors (Lipinski definition) is 1. The Morgan fingerprint density at radius 3 is 2.07 bits per heavy atom. The Hall–Kier alpha value is -1.69. The summed E-state index contributed by atoms with van der Waals surface area (Å²) in [7, 11) is 2.19. The van der Waals surface area contributed by atoms with E-state index in [0.717, 1.165) is 6.42 Å². The van der Waals surface area contributed by atoms with Crippen LogP contribution in [0.4, 0.5) is 0 Å². The van der Waals surface area contributed by atoms with Crippen molar-refractivity contribution in [3.63, 3.8) is 0 Å². The molecular weight excluding hydrogens is 345 g/mol. The molecule has 2 aromatic carbocycles. The van der Waals surface area contributed by atoms with Crippen molar-refractivity contribution in [2.45, 2.75) is 46.0 Å². The summed E-state index contributed by atoms with van der Waals surface area (Å²) in [6, 6.07) is 20.1. The van der Waals surface area contributed by atoms with Gasteiger partial charge in [0.2, 0.25) is 0 Å². The summed E-state index contributed by atoms with van der Waals surface area (Å²) < 4.78 is 0. The molecule has 2 heteroatoms. The lowest BCUT2D eigenvalue weighted by atomic mass is 9.68. The summed E-state index contributed by atoms with van der Waals surface area (Å²) in [5.41, 5.74) is 7.30. The Kier molecular flexibility index (Phi) is 10.3. The number of allylic oxidation sites excluding steroid dienone is 3. The predicted molar refractivity (Wildman–Crippen MR) is 125 cm³/mol. The highest BCUT2D eigenvalue weighted by atomic mass is 31.1. The van der Waals surface area contributed by atoms with Gasteiger partial charge in [-0.25, -0.2) is 0 Å². The minimum Gasteiger partial charge on any atom is -0.333 e. The second-order valence-electron chi connectivity index (χ2n) is 7.08. The zero-order chi connectivity index (χ0) is 20.3. The van der Waals surface area contributed by atoms with Gasteiger partial charge in [-0.3, -0.25) is 0 Å².